The normalized spacial score (nSPS) is 13.3. The fourth-order valence-corrected chi connectivity index (χ4v) is 1.31. The number of aliphatic carboxylic acids is 1. The molecule has 0 heterocycles. The van der Waals surface area contributed by atoms with Crippen LogP contribution in [0.25, 0.3) is 0 Å². The van der Waals surface area contributed by atoms with Crippen molar-refractivity contribution in [1.29, 1.82) is 0 Å². The Morgan fingerprint density at radius 3 is 2.08 bits per heavy atom. The van der Waals surface area contributed by atoms with E-state index in [-0.39, 0.29) is 0 Å². The van der Waals surface area contributed by atoms with Crippen molar-refractivity contribution in [3.8, 4) is 0 Å². The highest BCUT2D eigenvalue weighted by Crippen LogP contribution is 2.00. The van der Waals surface area contributed by atoms with Gasteiger partial charge in [-0.2, -0.15) is 0 Å². The van der Waals surface area contributed by atoms with Crippen LogP contribution < -0.4 is 0 Å². The lowest BCUT2D eigenvalue weighted by molar-refractivity contribution is -0.142. The largest absolute Gasteiger partial charge is 0.480 e. The quantitative estimate of drug-likeness (QED) is 0.676. The van der Waals surface area contributed by atoms with Crippen LogP contribution in [0.1, 0.15) is 6.92 Å². The summed E-state index contributed by atoms with van der Waals surface area (Å²) in [5.41, 5.74) is 0. The van der Waals surface area contributed by atoms with Crippen molar-refractivity contribution in [3.05, 3.63) is 0 Å². The molecule has 1 N–H and O–H groups in total. The first kappa shape index (κ1) is 12.0. The van der Waals surface area contributed by atoms with Gasteiger partial charge in [0.05, 0.1) is 0 Å². The molecule has 3 nitrogen and oxygen atoms in total. The molecule has 0 fully saturated rings. The van der Waals surface area contributed by atoms with E-state index < -0.39 is 12.0 Å². The number of alkyl halides is 2. The highest BCUT2D eigenvalue weighted by molar-refractivity contribution is 6.18. The zero-order chi connectivity index (χ0) is 9.56. The molecule has 0 aromatic carbocycles. The topological polar surface area (TPSA) is 40.5 Å². The molecule has 72 valence electrons. The van der Waals surface area contributed by atoms with Gasteiger partial charge < -0.3 is 5.11 Å². The van der Waals surface area contributed by atoms with E-state index in [0.717, 1.165) is 0 Å². The molecule has 0 rings (SSSR count). The SMILES string of the molecule is C[C@H](C(=O)O)N(CCCl)CCCl. The van der Waals surface area contributed by atoms with Crippen LogP contribution in [0.15, 0.2) is 0 Å². The van der Waals surface area contributed by atoms with Gasteiger partial charge in [-0.25, -0.2) is 0 Å². The monoisotopic (exact) mass is 213 g/mol. The summed E-state index contributed by atoms with van der Waals surface area (Å²) >= 11 is 11.0. The molecule has 0 aliphatic rings. The number of hydrogen-bond acceptors (Lipinski definition) is 2. The standard InChI is InChI=1S/C7H13Cl2NO2/c1-6(7(11)12)10(4-2-8)5-3-9/h6H,2-5H2,1H3,(H,11,12)/t6-/m1/s1. The first-order chi connectivity index (χ1) is 5.63. The number of halogens is 2. The van der Waals surface area contributed by atoms with Gasteiger partial charge in [0.1, 0.15) is 6.04 Å². The molecule has 0 aliphatic heterocycles. The van der Waals surface area contributed by atoms with Gasteiger partial charge in [0.15, 0.2) is 0 Å². The van der Waals surface area contributed by atoms with E-state index in [0.29, 0.717) is 24.8 Å². The Bertz CT molecular complexity index is 137. The van der Waals surface area contributed by atoms with Crippen molar-refractivity contribution in [1.82, 2.24) is 4.90 Å². The van der Waals surface area contributed by atoms with E-state index in [4.69, 9.17) is 28.3 Å². The van der Waals surface area contributed by atoms with E-state index in [1.807, 2.05) is 0 Å². The molecule has 0 spiro atoms. The summed E-state index contributed by atoms with van der Waals surface area (Å²) in [5, 5.41) is 8.68. The second-order valence-electron chi connectivity index (χ2n) is 2.43. The molecule has 0 unspecified atom stereocenters. The van der Waals surface area contributed by atoms with Crippen molar-refractivity contribution in [2.45, 2.75) is 13.0 Å². The number of carbonyl (C=O) groups is 1. The van der Waals surface area contributed by atoms with Crippen LogP contribution in [0.4, 0.5) is 0 Å². The Morgan fingerprint density at radius 2 is 1.83 bits per heavy atom. The van der Waals surface area contributed by atoms with Crippen molar-refractivity contribution in [3.63, 3.8) is 0 Å². The first-order valence-electron chi connectivity index (χ1n) is 3.72. The number of carboxylic acids is 1. The number of carboxylic acid groups (broad SMARTS) is 1. The maximum absolute atomic E-state index is 10.6. The van der Waals surface area contributed by atoms with E-state index in [2.05, 4.69) is 0 Å². The second-order valence-corrected chi connectivity index (χ2v) is 3.18. The minimum absolute atomic E-state index is 0.425. The predicted molar refractivity (Wildman–Crippen MR) is 50.1 cm³/mol. The van der Waals surface area contributed by atoms with Gasteiger partial charge in [-0.3, -0.25) is 9.69 Å². The van der Waals surface area contributed by atoms with Gasteiger partial charge in [0.25, 0.3) is 0 Å². The summed E-state index contributed by atoms with van der Waals surface area (Å²) in [6, 6.07) is -0.512. The molecule has 1 atom stereocenters. The molecule has 0 aromatic heterocycles. The Hall–Kier alpha value is 0.01000. The van der Waals surface area contributed by atoms with Crippen LogP contribution in [0, 0.1) is 0 Å². The maximum Gasteiger partial charge on any atom is 0.320 e. The summed E-state index contributed by atoms with van der Waals surface area (Å²) in [5.74, 6) is 0.00784. The third kappa shape index (κ3) is 4.14. The van der Waals surface area contributed by atoms with Gasteiger partial charge in [-0.1, -0.05) is 0 Å². The molecule has 12 heavy (non-hydrogen) atoms. The Labute approximate surface area is 82.3 Å². The maximum atomic E-state index is 10.6. The molecule has 5 heteroatoms. The molecule has 0 aliphatic carbocycles. The number of hydrogen-bond donors (Lipinski definition) is 1. The number of nitrogens with zero attached hydrogens (tertiary/aromatic N) is 1. The minimum Gasteiger partial charge on any atom is -0.480 e. The molecule has 0 saturated carbocycles. The average molecular weight is 214 g/mol. The van der Waals surface area contributed by atoms with Crippen molar-refractivity contribution < 1.29 is 9.90 Å². The van der Waals surface area contributed by atoms with Crippen molar-refractivity contribution in [2.24, 2.45) is 0 Å². The van der Waals surface area contributed by atoms with Crippen LogP contribution >= 0.6 is 23.2 Å². The first-order valence-corrected chi connectivity index (χ1v) is 4.79. The van der Waals surface area contributed by atoms with Crippen LogP contribution in [-0.2, 0) is 4.79 Å². The van der Waals surface area contributed by atoms with Crippen LogP contribution in [0.5, 0.6) is 0 Å². The van der Waals surface area contributed by atoms with Gasteiger partial charge >= 0.3 is 5.97 Å². The molecular formula is C7H13Cl2NO2. The lowest BCUT2D eigenvalue weighted by atomic mass is 10.3. The van der Waals surface area contributed by atoms with E-state index in [1.165, 1.54) is 0 Å². The Morgan fingerprint density at radius 1 is 1.42 bits per heavy atom. The van der Waals surface area contributed by atoms with Gasteiger partial charge in [0.2, 0.25) is 0 Å². The fourth-order valence-electron chi connectivity index (χ4n) is 0.872. The van der Waals surface area contributed by atoms with Crippen molar-refractivity contribution >= 4 is 29.2 Å². The average Bonchev–Trinajstić information content (AvgIpc) is 2.03. The Kier molecular flexibility index (Phi) is 6.52. The summed E-state index contributed by atoms with van der Waals surface area (Å²) in [6.07, 6.45) is 0. The molecule has 0 bridgehead atoms. The molecule has 0 saturated heterocycles. The number of rotatable bonds is 6. The van der Waals surface area contributed by atoms with Crippen LogP contribution in [-0.4, -0.2) is 46.9 Å². The zero-order valence-corrected chi connectivity index (χ0v) is 8.48. The van der Waals surface area contributed by atoms with E-state index in [1.54, 1.807) is 11.8 Å². The lowest BCUT2D eigenvalue weighted by Crippen LogP contribution is -2.41. The van der Waals surface area contributed by atoms with Gasteiger partial charge in [0, 0.05) is 24.8 Å². The highest BCUT2D eigenvalue weighted by atomic mass is 35.5. The van der Waals surface area contributed by atoms with Crippen molar-refractivity contribution in [2.75, 3.05) is 24.8 Å². The van der Waals surface area contributed by atoms with E-state index in [9.17, 15) is 4.79 Å². The molecule has 0 amide bonds. The van der Waals surface area contributed by atoms with E-state index >= 15 is 0 Å². The molecule has 0 radical (unpaired) electrons. The summed E-state index contributed by atoms with van der Waals surface area (Å²) in [7, 11) is 0. The van der Waals surface area contributed by atoms with Crippen LogP contribution in [0.3, 0.4) is 0 Å². The summed E-state index contributed by atoms with van der Waals surface area (Å²) in [4.78, 5) is 12.3. The fraction of sp³-hybridized carbons (Fsp3) is 0.857. The third-order valence-electron chi connectivity index (χ3n) is 1.65. The van der Waals surface area contributed by atoms with Gasteiger partial charge in [-0.15, -0.1) is 23.2 Å². The minimum atomic E-state index is -0.842. The Balaban J connectivity index is 3.98. The zero-order valence-electron chi connectivity index (χ0n) is 6.96. The lowest BCUT2D eigenvalue weighted by Gasteiger charge is -2.23. The molecule has 0 aromatic rings. The second kappa shape index (κ2) is 6.52. The van der Waals surface area contributed by atoms with Crippen LogP contribution in [0.2, 0.25) is 0 Å². The third-order valence-corrected chi connectivity index (χ3v) is 1.99. The molecular weight excluding hydrogens is 201 g/mol. The summed E-state index contributed by atoms with van der Waals surface area (Å²) in [6.45, 7) is 2.74. The highest BCUT2D eigenvalue weighted by Gasteiger charge is 2.18. The smallest absolute Gasteiger partial charge is 0.320 e. The summed E-state index contributed by atoms with van der Waals surface area (Å²) < 4.78 is 0. The van der Waals surface area contributed by atoms with Gasteiger partial charge in [-0.05, 0) is 6.92 Å². The predicted octanol–water partition coefficient (Wildman–Crippen LogP) is 1.24.